The van der Waals surface area contributed by atoms with Gasteiger partial charge in [-0.1, -0.05) is 24.9 Å². The molecule has 0 spiro atoms. The monoisotopic (exact) mass is 268 g/mol. The maximum Gasteiger partial charge on any atom is 0.222 e. The van der Waals surface area contributed by atoms with E-state index < -0.39 is 0 Å². The van der Waals surface area contributed by atoms with Crippen LogP contribution in [0.5, 0.6) is 0 Å². The number of nitrogens with two attached hydrogens (primary N) is 1. The van der Waals surface area contributed by atoms with E-state index in [0.29, 0.717) is 11.7 Å². The Bertz CT molecular complexity index is 452. The third kappa shape index (κ3) is 2.56. The number of hydrogen-bond acceptors (Lipinski definition) is 4. The van der Waals surface area contributed by atoms with Gasteiger partial charge in [0.1, 0.15) is 17.3 Å². The number of rotatable bonds is 4. The van der Waals surface area contributed by atoms with E-state index in [1.54, 1.807) is 0 Å². The van der Waals surface area contributed by atoms with Gasteiger partial charge < -0.3 is 10.6 Å². The van der Waals surface area contributed by atoms with Crippen molar-refractivity contribution in [2.24, 2.45) is 11.7 Å². The molecule has 5 nitrogen and oxygen atoms in total. The van der Waals surface area contributed by atoms with Crippen LogP contribution in [-0.2, 0) is 11.2 Å². The molecule has 18 heavy (non-hydrogen) atoms. The van der Waals surface area contributed by atoms with Crippen molar-refractivity contribution in [2.45, 2.75) is 26.2 Å². The van der Waals surface area contributed by atoms with E-state index >= 15 is 0 Å². The quantitative estimate of drug-likeness (QED) is 0.838. The van der Waals surface area contributed by atoms with Gasteiger partial charge in [0.25, 0.3) is 0 Å². The Morgan fingerprint density at radius 2 is 2.39 bits per heavy atom. The van der Waals surface area contributed by atoms with Crippen LogP contribution in [0.1, 0.15) is 25.3 Å². The van der Waals surface area contributed by atoms with Gasteiger partial charge in [-0.05, 0) is 12.8 Å². The molecule has 0 aliphatic carbocycles. The number of nitrogens with zero attached hydrogens (tertiary/aromatic N) is 3. The Morgan fingerprint density at radius 3 is 3.00 bits per heavy atom. The lowest BCUT2D eigenvalue weighted by Crippen LogP contribution is -2.28. The summed E-state index contributed by atoms with van der Waals surface area (Å²) in [5.41, 5.74) is 6.30. The van der Waals surface area contributed by atoms with Gasteiger partial charge in [0, 0.05) is 18.7 Å². The smallest absolute Gasteiger partial charge is 0.222 e. The predicted octanol–water partition coefficient (Wildman–Crippen LogP) is 1.39. The highest BCUT2D eigenvalue weighted by Crippen LogP contribution is 2.29. The number of halogens is 1. The van der Waals surface area contributed by atoms with E-state index in [1.807, 2.05) is 0 Å². The van der Waals surface area contributed by atoms with Gasteiger partial charge in [-0.3, -0.25) is 4.79 Å². The summed E-state index contributed by atoms with van der Waals surface area (Å²) in [6, 6.07) is 0. The number of carbonyl (C=O) groups is 1. The van der Waals surface area contributed by atoms with Crippen molar-refractivity contribution < 1.29 is 4.79 Å². The standard InChI is InChI=1S/C12H17ClN4O/c1-2-3-9-10(13)15-7-16-12(9)17-5-4-8(6-17)11(14)18/h7-8H,2-6H2,1H3,(H2,14,18). The number of primary amides is 1. The number of anilines is 1. The largest absolute Gasteiger partial charge is 0.369 e. The normalized spacial score (nSPS) is 19.2. The van der Waals surface area contributed by atoms with Crippen molar-refractivity contribution in [1.29, 1.82) is 0 Å². The molecule has 1 aliphatic rings. The molecule has 2 N–H and O–H groups in total. The van der Waals surface area contributed by atoms with E-state index in [9.17, 15) is 4.79 Å². The van der Waals surface area contributed by atoms with Crippen LogP contribution < -0.4 is 10.6 Å². The topological polar surface area (TPSA) is 72.1 Å². The molecule has 1 unspecified atom stereocenters. The average Bonchev–Trinajstić information content (AvgIpc) is 2.81. The first-order valence-corrected chi connectivity index (χ1v) is 6.55. The summed E-state index contributed by atoms with van der Waals surface area (Å²) < 4.78 is 0. The molecular formula is C12H17ClN4O. The fraction of sp³-hybridized carbons (Fsp3) is 0.583. The van der Waals surface area contributed by atoms with E-state index in [1.165, 1.54) is 6.33 Å². The van der Waals surface area contributed by atoms with Crippen molar-refractivity contribution in [3.63, 3.8) is 0 Å². The van der Waals surface area contributed by atoms with Crippen LogP contribution in [0, 0.1) is 5.92 Å². The lowest BCUT2D eigenvalue weighted by Gasteiger charge is -2.20. The molecule has 1 fully saturated rings. The molecule has 0 saturated carbocycles. The molecule has 1 aromatic heterocycles. The molecule has 2 rings (SSSR count). The zero-order chi connectivity index (χ0) is 13.1. The van der Waals surface area contributed by atoms with Crippen molar-refractivity contribution >= 4 is 23.3 Å². The third-order valence-corrected chi connectivity index (χ3v) is 3.59. The average molecular weight is 269 g/mol. The summed E-state index contributed by atoms with van der Waals surface area (Å²) in [7, 11) is 0. The molecule has 1 aliphatic heterocycles. The first-order chi connectivity index (χ1) is 8.63. The zero-order valence-electron chi connectivity index (χ0n) is 10.4. The fourth-order valence-electron chi connectivity index (χ4n) is 2.30. The second kappa shape index (κ2) is 5.52. The second-order valence-electron chi connectivity index (χ2n) is 4.55. The first kappa shape index (κ1) is 13.1. The molecule has 0 aromatic carbocycles. The molecule has 98 valence electrons. The molecule has 0 bridgehead atoms. The van der Waals surface area contributed by atoms with Crippen LogP contribution in [0.3, 0.4) is 0 Å². The molecule has 1 atom stereocenters. The minimum atomic E-state index is -0.241. The molecule has 1 saturated heterocycles. The van der Waals surface area contributed by atoms with Crippen LogP contribution in [0.4, 0.5) is 5.82 Å². The number of hydrogen-bond donors (Lipinski definition) is 1. The van der Waals surface area contributed by atoms with E-state index in [0.717, 1.165) is 37.2 Å². The molecule has 6 heteroatoms. The summed E-state index contributed by atoms with van der Waals surface area (Å²) in [5, 5.41) is 0.504. The number of aromatic nitrogens is 2. The molecular weight excluding hydrogens is 252 g/mol. The van der Waals surface area contributed by atoms with Crippen molar-refractivity contribution in [2.75, 3.05) is 18.0 Å². The zero-order valence-corrected chi connectivity index (χ0v) is 11.2. The summed E-state index contributed by atoms with van der Waals surface area (Å²) in [5.74, 6) is 0.517. The van der Waals surface area contributed by atoms with Crippen LogP contribution in [0.25, 0.3) is 0 Å². The molecule has 2 heterocycles. The highest BCUT2D eigenvalue weighted by atomic mass is 35.5. The Morgan fingerprint density at radius 1 is 1.61 bits per heavy atom. The van der Waals surface area contributed by atoms with Crippen LogP contribution in [0.2, 0.25) is 5.15 Å². The van der Waals surface area contributed by atoms with Crippen LogP contribution in [-0.4, -0.2) is 29.0 Å². The first-order valence-electron chi connectivity index (χ1n) is 6.17. The van der Waals surface area contributed by atoms with Gasteiger partial charge in [0.15, 0.2) is 0 Å². The Balaban J connectivity index is 2.23. The minimum Gasteiger partial charge on any atom is -0.369 e. The van der Waals surface area contributed by atoms with Crippen LogP contribution >= 0.6 is 11.6 Å². The van der Waals surface area contributed by atoms with Gasteiger partial charge in [0.2, 0.25) is 5.91 Å². The second-order valence-corrected chi connectivity index (χ2v) is 4.91. The lowest BCUT2D eigenvalue weighted by atomic mass is 10.1. The van der Waals surface area contributed by atoms with Gasteiger partial charge in [-0.25, -0.2) is 9.97 Å². The maximum absolute atomic E-state index is 11.2. The SMILES string of the molecule is CCCc1c(Cl)ncnc1N1CCC(C(N)=O)C1. The Kier molecular flexibility index (Phi) is 4.01. The highest BCUT2D eigenvalue weighted by molar-refractivity contribution is 6.30. The molecule has 1 amide bonds. The van der Waals surface area contributed by atoms with Gasteiger partial charge >= 0.3 is 0 Å². The molecule has 1 aromatic rings. The Labute approximate surface area is 111 Å². The van der Waals surface area contributed by atoms with Gasteiger partial charge in [-0.2, -0.15) is 0 Å². The summed E-state index contributed by atoms with van der Waals surface area (Å²) in [4.78, 5) is 21.6. The van der Waals surface area contributed by atoms with E-state index in [2.05, 4.69) is 21.8 Å². The Hall–Kier alpha value is -1.36. The predicted molar refractivity (Wildman–Crippen MR) is 70.6 cm³/mol. The van der Waals surface area contributed by atoms with E-state index in [4.69, 9.17) is 17.3 Å². The number of amides is 1. The lowest BCUT2D eigenvalue weighted by molar-refractivity contribution is -0.121. The van der Waals surface area contributed by atoms with Gasteiger partial charge in [-0.15, -0.1) is 0 Å². The minimum absolute atomic E-state index is 0.0896. The summed E-state index contributed by atoms with van der Waals surface area (Å²) in [6.07, 6.45) is 4.07. The van der Waals surface area contributed by atoms with Crippen molar-refractivity contribution in [3.05, 3.63) is 17.0 Å². The van der Waals surface area contributed by atoms with Crippen molar-refractivity contribution in [3.8, 4) is 0 Å². The third-order valence-electron chi connectivity index (χ3n) is 3.26. The molecule has 0 radical (unpaired) electrons. The summed E-state index contributed by atoms with van der Waals surface area (Å²) in [6.45, 7) is 3.50. The van der Waals surface area contributed by atoms with E-state index in [-0.39, 0.29) is 11.8 Å². The highest BCUT2D eigenvalue weighted by Gasteiger charge is 2.29. The van der Waals surface area contributed by atoms with Crippen molar-refractivity contribution in [1.82, 2.24) is 9.97 Å². The number of carbonyl (C=O) groups excluding carboxylic acids is 1. The van der Waals surface area contributed by atoms with Gasteiger partial charge in [0.05, 0.1) is 5.92 Å². The van der Waals surface area contributed by atoms with Crippen LogP contribution in [0.15, 0.2) is 6.33 Å². The maximum atomic E-state index is 11.2. The summed E-state index contributed by atoms with van der Waals surface area (Å²) >= 11 is 6.12. The fourth-order valence-corrected chi connectivity index (χ4v) is 2.53.